The van der Waals surface area contributed by atoms with Crippen molar-refractivity contribution in [2.45, 2.75) is 31.8 Å². The third-order valence-electron chi connectivity index (χ3n) is 4.33. The predicted molar refractivity (Wildman–Crippen MR) is 93.0 cm³/mol. The maximum atomic E-state index is 12.2. The molecule has 1 aliphatic heterocycles. The highest BCUT2D eigenvalue weighted by molar-refractivity contribution is 5.78. The Morgan fingerprint density at radius 2 is 1.65 bits per heavy atom. The second kappa shape index (κ2) is 7.93. The molecule has 3 heteroatoms. The summed E-state index contributed by atoms with van der Waals surface area (Å²) in [5.41, 5.74) is 2.41. The molecule has 1 N–H and O–H groups in total. The van der Waals surface area contributed by atoms with Crippen LogP contribution in [-0.2, 0) is 17.8 Å². The van der Waals surface area contributed by atoms with Gasteiger partial charge in [0.1, 0.15) is 0 Å². The SMILES string of the molecule is O=C(Cc1ccccc1)NC1CCCN(Cc2ccccc2)C1. The van der Waals surface area contributed by atoms with Gasteiger partial charge in [-0.3, -0.25) is 9.69 Å². The van der Waals surface area contributed by atoms with E-state index in [0.717, 1.165) is 38.0 Å². The van der Waals surface area contributed by atoms with Crippen molar-refractivity contribution in [3.8, 4) is 0 Å². The molecule has 1 atom stereocenters. The van der Waals surface area contributed by atoms with Crippen LogP contribution in [0.3, 0.4) is 0 Å². The first-order chi connectivity index (χ1) is 11.3. The van der Waals surface area contributed by atoms with Crippen LogP contribution in [0.2, 0.25) is 0 Å². The lowest BCUT2D eigenvalue weighted by Crippen LogP contribution is -2.47. The second-order valence-electron chi connectivity index (χ2n) is 6.29. The number of carbonyl (C=O) groups is 1. The van der Waals surface area contributed by atoms with Crippen molar-refractivity contribution in [1.29, 1.82) is 0 Å². The number of rotatable bonds is 5. The van der Waals surface area contributed by atoms with Crippen molar-refractivity contribution in [3.05, 3.63) is 71.8 Å². The fourth-order valence-corrected chi connectivity index (χ4v) is 3.22. The summed E-state index contributed by atoms with van der Waals surface area (Å²) in [4.78, 5) is 14.7. The minimum atomic E-state index is 0.128. The van der Waals surface area contributed by atoms with Gasteiger partial charge in [0.05, 0.1) is 6.42 Å². The molecule has 0 bridgehead atoms. The summed E-state index contributed by atoms with van der Waals surface area (Å²) in [5.74, 6) is 0.128. The highest BCUT2D eigenvalue weighted by Crippen LogP contribution is 2.14. The van der Waals surface area contributed by atoms with Crippen molar-refractivity contribution in [3.63, 3.8) is 0 Å². The summed E-state index contributed by atoms with van der Waals surface area (Å²) in [7, 11) is 0. The Labute approximate surface area is 138 Å². The lowest BCUT2D eigenvalue weighted by Gasteiger charge is -2.33. The van der Waals surface area contributed by atoms with Crippen LogP contribution in [0.4, 0.5) is 0 Å². The van der Waals surface area contributed by atoms with Gasteiger partial charge in [0, 0.05) is 19.1 Å². The molecule has 120 valence electrons. The Morgan fingerprint density at radius 3 is 2.35 bits per heavy atom. The number of hydrogen-bond donors (Lipinski definition) is 1. The number of carbonyl (C=O) groups excluding carboxylic acids is 1. The quantitative estimate of drug-likeness (QED) is 0.921. The van der Waals surface area contributed by atoms with Crippen molar-refractivity contribution in [2.24, 2.45) is 0 Å². The molecule has 1 heterocycles. The summed E-state index contributed by atoms with van der Waals surface area (Å²) < 4.78 is 0. The van der Waals surface area contributed by atoms with E-state index < -0.39 is 0 Å². The van der Waals surface area contributed by atoms with E-state index >= 15 is 0 Å². The maximum Gasteiger partial charge on any atom is 0.224 e. The molecule has 1 amide bonds. The van der Waals surface area contributed by atoms with E-state index in [1.807, 2.05) is 36.4 Å². The summed E-state index contributed by atoms with van der Waals surface area (Å²) in [6.45, 7) is 3.02. The first kappa shape index (κ1) is 15.8. The molecular formula is C20H24N2O. The smallest absolute Gasteiger partial charge is 0.224 e. The van der Waals surface area contributed by atoms with Crippen molar-refractivity contribution in [1.82, 2.24) is 10.2 Å². The molecular weight excluding hydrogens is 284 g/mol. The third-order valence-corrected chi connectivity index (χ3v) is 4.33. The standard InChI is InChI=1S/C20H24N2O/c23-20(14-17-8-3-1-4-9-17)21-19-12-7-13-22(16-19)15-18-10-5-2-6-11-18/h1-6,8-11,19H,7,12-16H2,(H,21,23). The highest BCUT2D eigenvalue weighted by atomic mass is 16.1. The van der Waals surface area contributed by atoms with Crippen LogP contribution in [0, 0.1) is 0 Å². The van der Waals surface area contributed by atoms with Crippen LogP contribution in [-0.4, -0.2) is 29.9 Å². The molecule has 0 radical (unpaired) electrons. The molecule has 0 aromatic heterocycles. The van der Waals surface area contributed by atoms with Gasteiger partial charge in [0.2, 0.25) is 5.91 Å². The van der Waals surface area contributed by atoms with E-state index in [1.54, 1.807) is 0 Å². The zero-order valence-corrected chi connectivity index (χ0v) is 13.4. The Balaban J connectivity index is 1.49. The fraction of sp³-hybridized carbons (Fsp3) is 0.350. The summed E-state index contributed by atoms with van der Waals surface area (Å²) in [5, 5.41) is 3.20. The number of benzene rings is 2. The van der Waals surface area contributed by atoms with Crippen LogP contribution in [0.15, 0.2) is 60.7 Å². The van der Waals surface area contributed by atoms with Crippen molar-refractivity contribution < 1.29 is 4.79 Å². The molecule has 3 rings (SSSR count). The summed E-state index contributed by atoms with van der Waals surface area (Å²) >= 11 is 0. The molecule has 3 nitrogen and oxygen atoms in total. The first-order valence-electron chi connectivity index (χ1n) is 8.39. The van der Waals surface area contributed by atoms with Gasteiger partial charge in [-0.05, 0) is 30.5 Å². The van der Waals surface area contributed by atoms with Crippen LogP contribution in [0.25, 0.3) is 0 Å². The molecule has 2 aromatic carbocycles. The van der Waals surface area contributed by atoms with Crippen LogP contribution in [0.1, 0.15) is 24.0 Å². The predicted octanol–water partition coefficient (Wildman–Crippen LogP) is 3.01. The Kier molecular flexibility index (Phi) is 5.43. The normalized spacial score (nSPS) is 18.5. The zero-order chi connectivity index (χ0) is 15.9. The second-order valence-corrected chi connectivity index (χ2v) is 6.29. The minimum Gasteiger partial charge on any atom is -0.352 e. The summed E-state index contributed by atoms with van der Waals surface area (Å²) in [6, 6.07) is 20.7. The Hall–Kier alpha value is -2.13. The van der Waals surface area contributed by atoms with Crippen molar-refractivity contribution in [2.75, 3.05) is 13.1 Å². The number of piperidine rings is 1. The van der Waals surface area contributed by atoms with Gasteiger partial charge < -0.3 is 5.32 Å². The van der Waals surface area contributed by atoms with E-state index in [0.29, 0.717) is 6.42 Å². The van der Waals surface area contributed by atoms with E-state index in [1.165, 1.54) is 5.56 Å². The average Bonchev–Trinajstić information content (AvgIpc) is 2.57. The van der Waals surface area contributed by atoms with Gasteiger partial charge in [-0.1, -0.05) is 60.7 Å². The zero-order valence-electron chi connectivity index (χ0n) is 13.4. The van der Waals surface area contributed by atoms with Gasteiger partial charge >= 0.3 is 0 Å². The number of nitrogens with one attached hydrogen (secondary N) is 1. The molecule has 0 saturated carbocycles. The monoisotopic (exact) mass is 308 g/mol. The molecule has 1 fully saturated rings. The van der Waals surface area contributed by atoms with Gasteiger partial charge in [0.15, 0.2) is 0 Å². The van der Waals surface area contributed by atoms with Crippen LogP contribution < -0.4 is 5.32 Å². The lowest BCUT2D eigenvalue weighted by molar-refractivity contribution is -0.121. The molecule has 0 aliphatic carbocycles. The topological polar surface area (TPSA) is 32.3 Å². The Morgan fingerprint density at radius 1 is 1.00 bits per heavy atom. The molecule has 1 unspecified atom stereocenters. The number of hydrogen-bond acceptors (Lipinski definition) is 2. The molecule has 1 saturated heterocycles. The van der Waals surface area contributed by atoms with Crippen molar-refractivity contribution >= 4 is 5.91 Å². The molecule has 2 aromatic rings. The number of likely N-dealkylation sites (tertiary alicyclic amines) is 1. The lowest BCUT2D eigenvalue weighted by atomic mass is 10.0. The molecule has 23 heavy (non-hydrogen) atoms. The summed E-state index contributed by atoms with van der Waals surface area (Å²) in [6.07, 6.45) is 2.69. The molecule has 1 aliphatic rings. The fourth-order valence-electron chi connectivity index (χ4n) is 3.22. The Bertz CT molecular complexity index is 612. The largest absolute Gasteiger partial charge is 0.352 e. The van der Waals surface area contributed by atoms with Gasteiger partial charge in [0.25, 0.3) is 0 Å². The van der Waals surface area contributed by atoms with Crippen LogP contribution in [0.5, 0.6) is 0 Å². The van der Waals surface area contributed by atoms with Gasteiger partial charge in [-0.15, -0.1) is 0 Å². The van der Waals surface area contributed by atoms with E-state index in [-0.39, 0.29) is 11.9 Å². The van der Waals surface area contributed by atoms with E-state index in [4.69, 9.17) is 0 Å². The van der Waals surface area contributed by atoms with E-state index in [9.17, 15) is 4.79 Å². The number of amides is 1. The maximum absolute atomic E-state index is 12.2. The van der Waals surface area contributed by atoms with Gasteiger partial charge in [-0.2, -0.15) is 0 Å². The molecule has 0 spiro atoms. The van der Waals surface area contributed by atoms with Crippen LogP contribution >= 0.6 is 0 Å². The van der Waals surface area contributed by atoms with E-state index in [2.05, 4.69) is 34.5 Å². The minimum absolute atomic E-state index is 0.128. The highest BCUT2D eigenvalue weighted by Gasteiger charge is 2.21. The average molecular weight is 308 g/mol. The first-order valence-corrected chi connectivity index (χ1v) is 8.39. The third kappa shape index (κ3) is 4.93. The van der Waals surface area contributed by atoms with Gasteiger partial charge in [-0.25, -0.2) is 0 Å². The number of nitrogens with zero attached hydrogens (tertiary/aromatic N) is 1.